The van der Waals surface area contributed by atoms with Crippen molar-refractivity contribution in [2.24, 2.45) is 0 Å². The molecule has 1 heterocycles. The van der Waals surface area contributed by atoms with Gasteiger partial charge >= 0.3 is 5.97 Å². The molecule has 1 aromatic heterocycles. The molecule has 2 aromatic carbocycles. The summed E-state index contributed by atoms with van der Waals surface area (Å²) in [6.45, 7) is 2.35. The number of benzene rings is 2. The van der Waals surface area contributed by atoms with Gasteiger partial charge in [-0.3, -0.25) is 9.59 Å². The third-order valence-corrected chi connectivity index (χ3v) is 4.56. The molecular formula is C22H22FN3O4. The summed E-state index contributed by atoms with van der Waals surface area (Å²) < 4.78 is 18.7. The van der Waals surface area contributed by atoms with Crippen molar-refractivity contribution in [2.45, 2.75) is 26.3 Å². The van der Waals surface area contributed by atoms with Crippen molar-refractivity contribution in [3.8, 4) is 0 Å². The molecule has 1 atom stereocenters. The molecule has 156 valence electrons. The maximum atomic E-state index is 13.6. The maximum absolute atomic E-state index is 13.6. The molecule has 3 rings (SSSR count). The fourth-order valence-corrected chi connectivity index (χ4v) is 3.06. The fourth-order valence-electron chi connectivity index (χ4n) is 3.06. The highest BCUT2D eigenvalue weighted by molar-refractivity contribution is 5.93. The Morgan fingerprint density at radius 3 is 2.67 bits per heavy atom. The molecule has 0 fully saturated rings. The van der Waals surface area contributed by atoms with Gasteiger partial charge in [-0.05, 0) is 36.2 Å². The van der Waals surface area contributed by atoms with Crippen LogP contribution in [0.2, 0.25) is 0 Å². The molecule has 3 aromatic rings. The highest BCUT2D eigenvalue weighted by Gasteiger charge is 2.23. The Kier molecular flexibility index (Phi) is 6.46. The summed E-state index contributed by atoms with van der Waals surface area (Å²) in [7, 11) is 0. The molecule has 0 unspecified atom stereocenters. The van der Waals surface area contributed by atoms with Gasteiger partial charge in [0.15, 0.2) is 6.61 Å². The molecule has 0 spiro atoms. The van der Waals surface area contributed by atoms with Gasteiger partial charge in [0.05, 0.1) is 0 Å². The van der Waals surface area contributed by atoms with Crippen LogP contribution in [-0.4, -0.2) is 35.4 Å². The summed E-state index contributed by atoms with van der Waals surface area (Å²) >= 11 is 0. The number of ether oxygens (including phenoxy) is 1. The highest BCUT2D eigenvalue weighted by Crippen LogP contribution is 2.19. The smallest absolute Gasteiger partial charge is 0.329 e. The number of hydrogen-bond donors (Lipinski definition) is 3. The summed E-state index contributed by atoms with van der Waals surface area (Å²) in [5.74, 6) is -2.19. The lowest BCUT2D eigenvalue weighted by atomic mass is 10.0. The third-order valence-electron chi connectivity index (χ3n) is 4.56. The molecule has 0 bridgehead atoms. The van der Waals surface area contributed by atoms with Crippen LogP contribution in [0.5, 0.6) is 0 Å². The molecule has 0 aliphatic heterocycles. The molecule has 2 amide bonds. The standard InChI is InChI=1S/C22H22FN3O4/c1-13-7-8-16(10-18(13)23)26-21(28)12-30-22(29)20(25-14(2)27)9-15-11-24-19-6-4-3-5-17(15)19/h3-8,10-11,20,24H,9,12H2,1-2H3,(H,25,27)(H,26,28)/t20-/m0/s1. The van der Waals surface area contributed by atoms with Crippen molar-refractivity contribution in [3.63, 3.8) is 0 Å². The quantitative estimate of drug-likeness (QED) is 0.521. The number of para-hydroxylation sites is 1. The second-order valence-electron chi connectivity index (χ2n) is 6.94. The predicted molar refractivity (Wildman–Crippen MR) is 110 cm³/mol. The number of rotatable bonds is 7. The Hall–Kier alpha value is -3.68. The average Bonchev–Trinajstić information content (AvgIpc) is 3.11. The lowest BCUT2D eigenvalue weighted by Gasteiger charge is -2.16. The Labute approximate surface area is 172 Å². The van der Waals surface area contributed by atoms with E-state index in [1.807, 2.05) is 24.3 Å². The fraction of sp³-hybridized carbons (Fsp3) is 0.227. The first-order valence-electron chi connectivity index (χ1n) is 9.38. The van der Waals surface area contributed by atoms with E-state index in [4.69, 9.17) is 4.74 Å². The number of esters is 1. The molecule has 0 aliphatic rings. The number of halogens is 1. The van der Waals surface area contributed by atoms with E-state index in [0.717, 1.165) is 16.5 Å². The molecule has 0 saturated carbocycles. The summed E-state index contributed by atoms with van der Waals surface area (Å²) in [5, 5.41) is 5.96. The van der Waals surface area contributed by atoms with Gasteiger partial charge in [0.1, 0.15) is 11.9 Å². The van der Waals surface area contributed by atoms with E-state index in [1.54, 1.807) is 19.2 Å². The topological polar surface area (TPSA) is 100 Å². The summed E-state index contributed by atoms with van der Waals surface area (Å²) in [5.41, 5.74) is 2.46. The van der Waals surface area contributed by atoms with Crippen LogP contribution in [0.3, 0.4) is 0 Å². The van der Waals surface area contributed by atoms with Crippen LogP contribution in [0.15, 0.2) is 48.7 Å². The van der Waals surface area contributed by atoms with E-state index in [1.165, 1.54) is 19.1 Å². The largest absolute Gasteiger partial charge is 0.454 e. The molecule has 7 nitrogen and oxygen atoms in total. The van der Waals surface area contributed by atoms with E-state index in [2.05, 4.69) is 15.6 Å². The second kappa shape index (κ2) is 9.21. The van der Waals surface area contributed by atoms with E-state index >= 15 is 0 Å². The van der Waals surface area contributed by atoms with Crippen LogP contribution in [0.4, 0.5) is 10.1 Å². The zero-order valence-corrected chi connectivity index (χ0v) is 16.6. The minimum atomic E-state index is -0.952. The Morgan fingerprint density at radius 1 is 1.17 bits per heavy atom. The lowest BCUT2D eigenvalue weighted by molar-refractivity contribution is -0.150. The Bertz CT molecular complexity index is 1090. The van der Waals surface area contributed by atoms with Crippen LogP contribution in [0.1, 0.15) is 18.1 Å². The van der Waals surface area contributed by atoms with Crippen molar-refractivity contribution in [1.82, 2.24) is 10.3 Å². The Morgan fingerprint density at radius 2 is 1.93 bits per heavy atom. The van der Waals surface area contributed by atoms with E-state index < -0.39 is 36.2 Å². The number of aromatic amines is 1. The minimum Gasteiger partial charge on any atom is -0.454 e. The minimum absolute atomic E-state index is 0.202. The predicted octanol–water partition coefficient (Wildman–Crippen LogP) is 2.84. The maximum Gasteiger partial charge on any atom is 0.329 e. The van der Waals surface area contributed by atoms with Crippen LogP contribution >= 0.6 is 0 Å². The number of nitrogens with one attached hydrogen (secondary N) is 3. The molecule has 0 saturated heterocycles. The van der Waals surface area contributed by atoms with Crippen LogP contribution < -0.4 is 10.6 Å². The number of hydrogen-bond acceptors (Lipinski definition) is 4. The first-order valence-corrected chi connectivity index (χ1v) is 9.38. The highest BCUT2D eigenvalue weighted by atomic mass is 19.1. The van der Waals surface area contributed by atoms with Gasteiger partial charge < -0.3 is 20.4 Å². The van der Waals surface area contributed by atoms with Gasteiger partial charge in [-0.2, -0.15) is 0 Å². The monoisotopic (exact) mass is 411 g/mol. The molecule has 0 aliphatic carbocycles. The van der Waals surface area contributed by atoms with Gasteiger partial charge in [-0.15, -0.1) is 0 Å². The first-order chi connectivity index (χ1) is 14.3. The van der Waals surface area contributed by atoms with Crippen molar-refractivity contribution < 1.29 is 23.5 Å². The molecule has 3 N–H and O–H groups in total. The Balaban J connectivity index is 1.62. The summed E-state index contributed by atoms with van der Waals surface area (Å²) in [6.07, 6.45) is 1.97. The van der Waals surface area contributed by atoms with Gasteiger partial charge in [-0.25, -0.2) is 9.18 Å². The van der Waals surface area contributed by atoms with Crippen molar-refractivity contribution in [1.29, 1.82) is 0 Å². The van der Waals surface area contributed by atoms with Crippen molar-refractivity contribution in [2.75, 3.05) is 11.9 Å². The van der Waals surface area contributed by atoms with Gasteiger partial charge in [-0.1, -0.05) is 24.3 Å². The molecule has 0 radical (unpaired) electrons. The average molecular weight is 411 g/mol. The number of anilines is 1. The number of H-pyrrole nitrogens is 1. The van der Waals surface area contributed by atoms with Crippen molar-refractivity contribution >= 4 is 34.4 Å². The number of carbonyl (C=O) groups is 3. The second-order valence-corrected chi connectivity index (χ2v) is 6.94. The summed E-state index contributed by atoms with van der Waals surface area (Å²) in [4.78, 5) is 39.2. The first kappa shape index (κ1) is 21.0. The normalized spacial score (nSPS) is 11.7. The molecule has 30 heavy (non-hydrogen) atoms. The molecule has 8 heteroatoms. The summed E-state index contributed by atoms with van der Waals surface area (Å²) in [6, 6.07) is 10.9. The number of carbonyl (C=O) groups excluding carboxylic acids is 3. The van der Waals surface area contributed by atoms with Gasteiger partial charge in [0.2, 0.25) is 5.91 Å². The zero-order valence-electron chi connectivity index (χ0n) is 16.6. The lowest BCUT2D eigenvalue weighted by Crippen LogP contribution is -2.43. The third kappa shape index (κ3) is 5.22. The van der Waals surface area contributed by atoms with E-state index in [0.29, 0.717) is 5.56 Å². The van der Waals surface area contributed by atoms with Gasteiger partial charge in [0.25, 0.3) is 5.91 Å². The zero-order chi connectivity index (χ0) is 21.7. The number of aryl methyl sites for hydroxylation is 1. The van der Waals surface area contributed by atoms with Gasteiger partial charge in [0, 0.05) is 36.1 Å². The molecular weight excluding hydrogens is 389 g/mol. The number of fused-ring (bicyclic) bond motifs is 1. The van der Waals surface area contributed by atoms with E-state index in [9.17, 15) is 18.8 Å². The van der Waals surface area contributed by atoms with Crippen molar-refractivity contribution in [3.05, 3.63) is 65.6 Å². The van der Waals surface area contributed by atoms with Crippen LogP contribution in [0.25, 0.3) is 10.9 Å². The van der Waals surface area contributed by atoms with Crippen LogP contribution in [-0.2, 0) is 25.5 Å². The SMILES string of the molecule is CC(=O)N[C@@H](Cc1c[nH]c2ccccc12)C(=O)OCC(=O)Nc1ccc(C)c(F)c1. The number of aromatic nitrogens is 1. The van der Waals surface area contributed by atoms with Crippen LogP contribution in [0, 0.1) is 12.7 Å². The number of amides is 2. The van der Waals surface area contributed by atoms with E-state index in [-0.39, 0.29) is 12.1 Å².